The molecular weight excluding hydrogens is 312 g/mol. The summed E-state index contributed by atoms with van der Waals surface area (Å²) in [6.07, 6.45) is 0. The van der Waals surface area contributed by atoms with E-state index < -0.39 is 6.51 Å². The van der Waals surface area contributed by atoms with Gasteiger partial charge < -0.3 is 0 Å². The number of hydrogen-bond acceptors (Lipinski definition) is 1. The molecule has 1 aromatic carbocycles. The van der Waals surface area contributed by atoms with Crippen LogP contribution >= 0.6 is 0 Å². The standard InChI is InChI=1S/C13H13.C7H7O.Fe/c1-10-7-8-13(9-11(10)2)12-5-3-4-6-12;1-6(8)7-4-2-3-5-7;/h3-9H,1-2H3;2-5H,1H3;. The second kappa shape index (κ2) is 0.845. The summed E-state index contributed by atoms with van der Waals surface area (Å²) in [5.74, 6) is 0.696. The van der Waals surface area contributed by atoms with E-state index in [1.54, 1.807) is 5.56 Å². The average Bonchev–Trinajstić information content (AvgIpc) is 3.43. The fourth-order valence-electron chi connectivity index (χ4n) is 19.3. The van der Waals surface area contributed by atoms with Gasteiger partial charge in [0.1, 0.15) is 0 Å². The van der Waals surface area contributed by atoms with Gasteiger partial charge in [-0.3, -0.25) is 0 Å². The molecule has 10 aliphatic rings. The van der Waals surface area contributed by atoms with E-state index in [4.69, 9.17) is 0 Å². The van der Waals surface area contributed by atoms with Crippen LogP contribution < -0.4 is 0 Å². The van der Waals surface area contributed by atoms with Gasteiger partial charge in [0, 0.05) is 0 Å². The summed E-state index contributed by atoms with van der Waals surface area (Å²) in [5.41, 5.74) is 4.68. The molecule has 8 unspecified atom stereocenters. The second-order valence-corrected chi connectivity index (χ2v) is 35.8. The van der Waals surface area contributed by atoms with E-state index in [0.29, 0.717) is 14.4 Å². The summed E-state index contributed by atoms with van der Waals surface area (Å²) < 4.78 is 1.10. The van der Waals surface area contributed by atoms with Gasteiger partial charge in [-0.15, -0.1) is 0 Å². The van der Waals surface area contributed by atoms with E-state index in [2.05, 4.69) is 32.0 Å². The van der Waals surface area contributed by atoms with Crippen LogP contribution in [0.1, 0.15) is 23.6 Å². The van der Waals surface area contributed by atoms with E-state index in [0.717, 1.165) is 19.3 Å². The Morgan fingerprint density at radius 1 is 0.955 bits per heavy atom. The van der Waals surface area contributed by atoms with Gasteiger partial charge in [-0.2, -0.15) is 0 Å². The van der Waals surface area contributed by atoms with Crippen molar-refractivity contribution in [3.05, 3.63) is 34.9 Å². The van der Waals surface area contributed by atoms with Crippen molar-refractivity contribution in [2.75, 3.05) is 0 Å². The van der Waals surface area contributed by atoms with Crippen LogP contribution in [0.15, 0.2) is 18.2 Å². The molecule has 0 radical (unpaired) electrons. The third-order valence-corrected chi connectivity index (χ3v) is 60.2. The van der Waals surface area contributed by atoms with Gasteiger partial charge in [0.25, 0.3) is 0 Å². The Labute approximate surface area is 120 Å². The van der Waals surface area contributed by atoms with Crippen molar-refractivity contribution >= 4 is 5.78 Å². The normalized spacial score (nSPS) is 98.0. The topological polar surface area (TPSA) is 17.1 Å². The number of aryl methyl sites for hydroxylation is 2. The molecule has 0 saturated carbocycles. The summed E-state index contributed by atoms with van der Waals surface area (Å²) in [7, 11) is 0. The third kappa shape index (κ3) is 0.105. The number of carbonyl (C=O) groups excluding carboxylic acids is 1. The number of hydrogen-bond donors (Lipinski definition) is 0. The summed E-state index contributed by atoms with van der Waals surface area (Å²) in [6, 6.07) is 7.47. The van der Waals surface area contributed by atoms with Gasteiger partial charge in [-0.1, -0.05) is 0 Å². The van der Waals surface area contributed by atoms with Gasteiger partial charge in [0.05, 0.1) is 0 Å². The molecule has 114 valence electrons. The minimum absolute atomic E-state index is 0.410. The van der Waals surface area contributed by atoms with Gasteiger partial charge in [0.2, 0.25) is 0 Å². The first kappa shape index (κ1) is 9.04. The summed E-state index contributed by atoms with van der Waals surface area (Å²) in [4.78, 5) is 22.2. The van der Waals surface area contributed by atoms with Crippen LogP contribution in [-0.2, 0) is 15.6 Å². The zero-order valence-electron chi connectivity index (χ0n) is 13.1. The first-order chi connectivity index (χ1) is 10.3. The molecule has 1 spiro atoms. The number of fused-ring (bicyclic) bond motifs is 10. The van der Waals surface area contributed by atoms with Gasteiger partial charge in [-0.05, 0) is 0 Å². The molecule has 10 saturated heterocycles. The Morgan fingerprint density at radius 3 is 1.95 bits per heavy atom. The third-order valence-electron chi connectivity index (χ3n) is 17.3. The van der Waals surface area contributed by atoms with E-state index in [1.165, 1.54) is 30.4 Å². The summed E-state index contributed by atoms with van der Waals surface area (Å²) in [5, 5.41) is 0. The van der Waals surface area contributed by atoms with Crippen molar-refractivity contribution in [2.24, 2.45) is 0 Å². The molecule has 0 aliphatic carbocycles. The number of carbonyl (C=O) groups is 1. The molecule has 11 rings (SSSR count). The molecule has 1 nitrogen and oxygen atoms in total. The van der Waals surface area contributed by atoms with Crippen molar-refractivity contribution in [3.8, 4) is 0 Å². The molecule has 10 heterocycles. The van der Waals surface area contributed by atoms with Crippen LogP contribution in [0.3, 0.4) is 0 Å². The minimum atomic E-state index is -3.53. The molecule has 1 aromatic rings. The Hall–Kier alpha value is -0.591. The van der Waals surface area contributed by atoms with E-state index in [1.807, 2.05) is 6.92 Å². The number of benzene rings is 1. The second-order valence-electron chi connectivity index (χ2n) is 12.6. The van der Waals surface area contributed by atoms with Crippen LogP contribution in [0.5, 0.6) is 0 Å². The van der Waals surface area contributed by atoms with Crippen LogP contribution in [0.4, 0.5) is 0 Å². The monoisotopic (exact) mass is 332 g/mol. The molecule has 0 amide bonds. The molecule has 10 fully saturated rings. The molecule has 22 heavy (non-hydrogen) atoms. The molecule has 0 bridgehead atoms. The molecule has 0 N–H and O–H groups in total. The van der Waals surface area contributed by atoms with Crippen LogP contribution in [-0.4, -0.2) is 5.78 Å². The van der Waals surface area contributed by atoms with E-state index in [-0.39, 0.29) is 0 Å². The fraction of sp³-hybridized carbons (Fsp3) is 0.650. The summed E-state index contributed by atoms with van der Waals surface area (Å²) >= 11 is 0. The van der Waals surface area contributed by atoms with Crippen molar-refractivity contribution in [2.45, 2.75) is 67.9 Å². The summed E-state index contributed by atoms with van der Waals surface area (Å²) in [6.45, 7) is 3.02. The Kier molecular flexibility index (Phi) is 0.347. The number of ketones is 1. The van der Waals surface area contributed by atoms with Gasteiger partial charge in [-0.25, -0.2) is 0 Å². The predicted molar refractivity (Wildman–Crippen MR) is 81.0 cm³/mol. The predicted octanol–water partition coefficient (Wildman–Crippen LogP) is 5.06. The average molecular weight is 332 g/mol. The Morgan fingerprint density at radius 2 is 1.55 bits per heavy atom. The van der Waals surface area contributed by atoms with Crippen LogP contribution in [0.25, 0.3) is 0 Å². The zero-order chi connectivity index (χ0) is 14.4. The van der Waals surface area contributed by atoms with Crippen molar-refractivity contribution in [3.63, 3.8) is 0 Å². The van der Waals surface area contributed by atoms with Crippen LogP contribution in [0, 0.1) is 13.8 Å². The van der Waals surface area contributed by atoms with Crippen molar-refractivity contribution in [1.29, 1.82) is 0 Å². The first-order valence-electron chi connectivity index (χ1n) is 9.08. The molecule has 2 heteroatoms. The quantitative estimate of drug-likeness (QED) is 0.692. The SMILES string of the molecule is CC(=O)[C]12[CH]3[CH]4[CH]5[CH]1[Fe]45321678[CH]2[CH]1[CH]6[C]7(c1ccc(C)c(C)c1)[CH]28. The first-order valence-corrected chi connectivity index (χ1v) is 15.3. The number of Topliss-reactive ketones (excluding diaryl/α,β-unsaturated/α-hetero) is 1. The molecular formula is C20H20FeO. The maximum absolute atomic E-state index is 12.9. The molecule has 10 aliphatic heterocycles. The molecule has 0 aromatic heterocycles. The van der Waals surface area contributed by atoms with Crippen molar-refractivity contribution < 1.29 is 11.3 Å². The van der Waals surface area contributed by atoms with E-state index >= 15 is 0 Å². The van der Waals surface area contributed by atoms with Crippen LogP contribution in [0.2, 0.25) is 42.8 Å². The number of rotatable bonds is 2. The molecule has 8 atom stereocenters. The van der Waals surface area contributed by atoms with Gasteiger partial charge in [0.15, 0.2) is 0 Å². The fourth-order valence-corrected chi connectivity index (χ4v) is 95.8. The van der Waals surface area contributed by atoms with Gasteiger partial charge >= 0.3 is 120 Å². The Bertz CT molecular complexity index is 1380. The van der Waals surface area contributed by atoms with Crippen molar-refractivity contribution in [1.82, 2.24) is 0 Å². The zero-order valence-corrected chi connectivity index (χ0v) is 14.2. The van der Waals surface area contributed by atoms with E-state index in [9.17, 15) is 4.79 Å². The maximum atomic E-state index is 12.9. The Balaban J connectivity index is 1.46.